The van der Waals surface area contributed by atoms with Gasteiger partial charge in [0, 0.05) is 12.5 Å². The fraction of sp³-hybridized carbons (Fsp3) is 0.923. The minimum absolute atomic E-state index is 0.140. The fourth-order valence-corrected chi connectivity index (χ4v) is 3.07. The summed E-state index contributed by atoms with van der Waals surface area (Å²) < 4.78 is 5.68. The third kappa shape index (κ3) is 2.40. The molecule has 0 aromatic heterocycles. The molecule has 0 saturated heterocycles. The molecule has 3 heteroatoms. The quantitative estimate of drug-likeness (QED) is 0.804. The van der Waals surface area contributed by atoms with Gasteiger partial charge in [0.2, 0.25) is 0 Å². The van der Waals surface area contributed by atoms with Crippen LogP contribution in [0, 0.1) is 17.8 Å². The molecule has 1 rings (SSSR count). The van der Waals surface area contributed by atoms with Gasteiger partial charge in [-0.25, -0.2) is 4.79 Å². The van der Waals surface area contributed by atoms with Crippen molar-refractivity contribution in [2.45, 2.75) is 52.6 Å². The highest BCUT2D eigenvalue weighted by Gasteiger charge is 2.51. The van der Waals surface area contributed by atoms with Crippen molar-refractivity contribution in [3.63, 3.8) is 0 Å². The predicted octanol–water partition coefficient (Wildman–Crippen LogP) is 2.94. The average molecular weight is 228 g/mol. The first-order chi connectivity index (χ1) is 7.44. The van der Waals surface area contributed by atoms with E-state index in [4.69, 9.17) is 4.74 Å². The lowest BCUT2D eigenvalue weighted by Gasteiger charge is -2.44. The third-order valence-corrected chi connectivity index (χ3v) is 3.79. The van der Waals surface area contributed by atoms with E-state index in [9.17, 15) is 9.90 Å². The maximum absolute atomic E-state index is 11.6. The molecule has 0 amide bonds. The number of rotatable bonds is 4. The average Bonchev–Trinajstić information content (AvgIpc) is 2.17. The van der Waals surface area contributed by atoms with Gasteiger partial charge in [-0.3, -0.25) is 0 Å². The van der Waals surface area contributed by atoms with Crippen molar-refractivity contribution in [1.82, 2.24) is 0 Å². The van der Waals surface area contributed by atoms with Gasteiger partial charge >= 0.3 is 5.97 Å². The van der Waals surface area contributed by atoms with Crippen molar-refractivity contribution < 1.29 is 14.6 Å². The first-order valence-corrected chi connectivity index (χ1v) is 6.31. The number of aliphatic carboxylic acids is 1. The summed E-state index contributed by atoms with van der Waals surface area (Å²) >= 11 is 0. The Balaban J connectivity index is 3.00. The molecule has 16 heavy (non-hydrogen) atoms. The highest BCUT2D eigenvalue weighted by atomic mass is 16.5. The number of carboxylic acids is 1. The van der Waals surface area contributed by atoms with E-state index >= 15 is 0 Å². The summed E-state index contributed by atoms with van der Waals surface area (Å²) in [5.41, 5.74) is -0.944. The Morgan fingerprint density at radius 2 is 2.12 bits per heavy atom. The van der Waals surface area contributed by atoms with Crippen molar-refractivity contribution in [2.75, 3.05) is 6.61 Å². The van der Waals surface area contributed by atoms with Crippen molar-refractivity contribution in [3.05, 3.63) is 0 Å². The molecule has 0 bridgehead atoms. The maximum atomic E-state index is 11.6. The largest absolute Gasteiger partial charge is 0.479 e. The van der Waals surface area contributed by atoms with Crippen LogP contribution in [0.3, 0.4) is 0 Å². The molecule has 0 heterocycles. The minimum Gasteiger partial charge on any atom is -0.479 e. The Bertz CT molecular complexity index is 250. The molecular weight excluding hydrogens is 204 g/mol. The van der Waals surface area contributed by atoms with Gasteiger partial charge in [-0.05, 0) is 31.6 Å². The molecule has 0 spiro atoms. The lowest BCUT2D eigenvalue weighted by atomic mass is 9.67. The molecule has 1 fully saturated rings. The smallest absolute Gasteiger partial charge is 0.336 e. The van der Waals surface area contributed by atoms with Crippen LogP contribution in [-0.2, 0) is 9.53 Å². The van der Waals surface area contributed by atoms with Gasteiger partial charge in [-0.2, -0.15) is 0 Å². The van der Waals surface area contributed by atoms with Crippen LogP contribution in [-0.4, -0.2) is 23.3 Å². The molecular formula is C13H24O3. The van der Waals surface area contributed by atoms with Gasteiger partial charge in [-0.15, -0.1) is 0 Å². The zero-order valence-electron chi connectivity index (χ0n) is 10.8. The van der Waals surface area contributed by atoms with E-state index in [0.717, 1.165) is 12.8 Å². The summed E-state index contributed by atoms with van der Waals surface area (Å²) in [4.78, 5) is 11.6. The predicted molar refractivity (Wildman–Crippen MR) is 63.3 cm³/mol. The monoisotopic (exact) mass is 228 g/mol. The summed E-state index contributed by atoms with van der Waals surface area (Å²) in [7, 11) is 0. The van der Waals surface area contributed by atoms with Crippen LogP contribution in [0.5, 0.6) is 0 Å². The van der Waals surface area contributed by atoms with Crippen LogP contribution in [0.15, 0.2) is 0 Å². The second kappa shape index (κ2) is 5.17. The number of carbonyl (C=O) groups is 1. The van der Waals surface area contributed by atoms with Gasteiger partial charge in [-0.1, -0.05) is 27.2 Å². The molecule has 0 aromatic rings. The molecule has 94 valence electrons. The Kier molecular flexibility index (Phi) is 4.36. The van der Waals surface area contributed by atoms with Gasteiger partial charge in [0.25, 0.3) is 0 Å². The molecule has 1 aliphatic rings. The molecule has 1 aliphatic carbocycles. The second-order valence-electron chi connectivity index (χ2n) is 5.36. The van der Waals surface area contributed by atoms with Crippen molar-refractivity contribution in [2.24, 2.45) is 17.8 Å². The van der Waals surface area contributed by atoms with Crippen molar-refractivity contribution in [1.29, 1.82) is 0 Å². The summed E-state index contributed by atoms with van der Waals surface area (Å²) in [5.74, 6) is 0.161. The van der Waals surface area contributed by atoms with E-state index in [1.54, 1.807) is 0 Å². The maximum Gasteiger partial charge on any atom is 0.336 e. The summed E-state index contributed by atoms with van der Waals surface area (Å²) in [6.45, 7) is 8.66. The van der Waals surface area contributed by atoms with E-state index in [1.165, 1.54) is 0 Å². The second-order valence-corrected chi connectivity index (χ2v) is 5.36. The van der Waals surface area contributed by atoms with E-state index in [2.05, 4.69) is 20.8 Å². The van der Waals surface area contributed by atoms with E-state index in [-0.39, 0.29) is 5.92 Å². The summed E-state index contributed by atoms with van der Waals surface area (Å²) in [6, 6.07) is 0. The molecule has 1 N–H and O–H groups in total. The Hall–Kier alpha value is -0.570. The van der Waals surface area contributed by atoms with Crippen LogP contribution in [0.4, 0.5) is 0 Å². The van der Waals surface area contributed by atoms with Crippen molar-refractivity contribution >= 4 is 5.97 Å². The van der Waals surface area contributed by atoms with Crippen LogP contribution >= 0.6 is 0 Å². The zero-order valence-corrected chi connectivity index (χ0v) is 10.8. The first kappa shape index (κ1) is 13.5. The highest BCUT2D eigenvalue weighted by Crippen LogP contribution is 2.43. The Morgan fingerprint density at radius 3 is 2.56 bits per heavy atom. The third-order valence-electron chi connectivity index (χ3n) is 3.79. The lowest BCUT2D eigenvalue weighted by molar-refractivity contribution is -0.186. The SMILES string of the molecule is CCOC1(C(=O)O)CC(C)CCC1C(C)C. The van der Waals surface area contributed by atoms with Crippen molar-refractivity contribution in [3.8, 4) is 0 Å². The van der Waals surface area contributed by atoms with E-state index in [0.29, 0.717) is 24.9 Å². The van der Waals surface area contributed by atoms with Gasteiger partial charge in [0.15, 0.2) is 5.60 Å². The summed E-state index contributed by atoms with van der Waals surface area (Å²) in [6.07, 6.45) is 2.73. The summed E-state index contributed by atoms with van der Waals surface area (Å²) in [5, 5.41) is 9.53. The van der Waals surface area contributed by atoms with E-state index in [1.807, 2.05) is 6.92 Å². The van der Waals surface area contributed by atoms with Gasteiger partial charge < -0.3 is 9.84 Å². The Labute approximate surface area is 98.2 Å². The van der Waals surface area contributed by atoms with Crippen LogP contribution in [0.1, 0.15) is 47.0 Å². The van der Waals surface area contributed by atoms with Gasteiger partial charge in [0.1, 0.15) is 0 Å². The van der Waals surface area contributed by atoms with Crippen LogP contribution in [0.2, 0.25) is 0 Å². The molecule has 3 unspecified atom stereocenters. The minimum atomic E-state index is -0.944. The fourth-order valence-electron chi connectivity index (χ4n) is 3.07. The first-order valence-electron chi connectivity index (χ1n) is 6.31. The molecule has 3 atom stereocenters. The molecule has 1 saturated carbocycles. The number of ether oxygens (including phenoxy) is 1. The molecule has 0 aliphatic heterocycles. The molecule has 0 aromatic carbocycles. The zero-order chi connectivity index (χ0) is 12.3. The highest BCUT2D eigenvalue weighted by molar-refractivity contribution is 5.78. The standard InChI is InChI=1S/C13H24O3/c1-5-16-13(12(14)15)8-10(4)6-7-11(13)9(2)3/h9-11H,5-8H2,1-4H3,(H,14,15). The lowest BCUT2D eigenvalue weighted by Crippen LogP contribution is -2.53. The number of hydrogen-bond acceptors (Lipinski definition) is 2. The number of carboxylic acid groups (broad SMARTS) is 1. The Morgan fingerprint density at radius 1 is 1.50 bits per heavy atom. The normalized spacial score (nSPS) is 35.3. The molecule has 3 nitrogen and oxygen atoms in total. The van der Waals surface area contributed by atoms with Crippen LogP contribution in [0.25, 0.3) is 0 Å². The molecule has 0 radical (unpaired) electrons. The van der Waals surface area contributed by atoms with E-state index < -0.39 is 11.6 Å². The number of hydrogen-bond donors (Lipinski definition) is 1. The van der Waals surface area contributed by atoms with Gasteiger partial charge in [0.05, 0.1) is 0 Å². The topological polar surface area (TPSA) is 46.5 Å². The van der Waals surface area contributed by atoms with Crippen LogP contribution < -0.4 is 0 Å².